The first kappa shape index (κ1) is 22.9. The van der Waals surface area contributed by atoms with Gasteiger partial charge < -0.3 is 10.6 Å². The molecule has 0 saturated carbocycles. The molecule has 1 unspecified atom stereocenters. The monoisotopic (exact) mass is 417 g/mol. The van der Waals surface area contributed by atoms with Crippen LogP contribution in [0.25, 0.3) is 0 Å². The van der Waals surface area contributed by atoms with E-state index >= 15 is 0 Å². The van der Waals surface area contributed by atoms with Gasteiger partial charge in [0, 0.05) is 18.6 Å². The van der Waals surface area contributed by atoms with Gasteiger partial charge in [-0.3, -0.25) is 0 Å². The number of nitrogens with one attached hydrogen (secondary N) is 3. The van der Waals surface area contributed by atoms with Crippen molar-refractivity contribution in [3.63, 3.8) is 0 Å². The minimum absolute atomic E-state index is 0.0288. The Hall–Kier alpha value is -2.38. The number of aryl methyl sites for hydroxylation is 1. The van der Waals surface area contributed by atoms with Gasteiger partial charge in [0.2, 0.25) is 10.0 Å². The molecule has 7 heteroatoms. The molecule has 0 aromatic heterocycles. The molecule has 1 atom stereocenters. The van der Waals surface area contributed by atoms with Gasteiger partial charge in [0.25, 0.3) is 0 Å². The Labute approximate surface area is 174 Å². The molecule has 29 heavy (non-hydrogen) atoms. The molecule has 0 aliphatic carbocycles. The fourth-order valence-electron chi connectivity index (χ4n) is 3.03. The topological polar surface area (TPSA) is 87.3 Å². The molecular formula is C22H31N3O3S. The standard InChI is InChI=1S/C22H31N3O3S/c1-17(2)25-29(27,28)16-21-12-8-7-11-20(21)15-23-22(26)24-18(3)13-14-19-9-5-4-6-10-19/h4-12,17-18,25H,13-16H2,1-3H3,(H2,23,24,26). The Morgan fingerprint density at radius 1 is 0.931 bits per heavy atom. The quantitative estimate of drug-likeness (QED) is 0.554. The van der Waals surface area contributed by atoms with Crippen molar-refractivity contribution in [3.8, 4) is 0 Å². The summed E-state index contributed by atoms with van der Waals surface area (Å²) in [4.78, 5) is 12.2. The molecule has 158 valence electrons. The lowest BCUT2D eigenvalue weighted by Crippen LogP contribution is -2.40. The van der Waals surface area contributed by atoms with Crippen LogP contribution in [-0.4, -0.2) is 26.5 Å². The highest BCUT2D eigenvalue weighted by molar-refractivity contribution is 7.88. The predicted molar refractivity (Wildman–Crippen MR) is 117 cm³/mol. The fraction of sp³-hybridized carbons (Fsp3) is 0.409. The highest BCUT2D eigenvalue weighted by Crippen LogP contribution is 2.12. The van der Waals surface area contributed by atoms with Gasteiger partial charge in [-0.1, -0.05) is 54.6 Å². The van der Waals surface area contributed by atoms with E-state index in [0.29, 0.717) is 5.56 Å². The first-order valence-electron chi connectivity index (χ1n) is 9.90. The number of rotatable bonds is 10. The number of urea groups is 1. The Kier molecular flexibility index (Phi) is 8.67. The summed E-state index contributed by atoms with van der Waals surface area (Å²) in [5.74, 6) is -0.113. The Morgan fingerprint density at radius 3 is 2.21 bits per heavy atom. The van der Waals surface area contributed by atoms with E-state index in [0.717, 1.165) is 18.4 Å². The number of benzene rings is 2. The largest absolute Gasteiger partial charge is 0.336 e. The molecule has 0 fully saturated rings. The number of hydrogen-bond donors (Lipinski definition) is 3. The Morgan fingerprint density at radius 2 is 1.55 bits per heavy atom. The zero-order chi connectivity index (χ0) is 21.3. The minimum atomic E-state index is -3.43. The molecule has 2 aromatic rings. The summed E-state index contributed by atoms with van der Waals surface area (Å²) in [6.07, 6.45) is 1.74. The van der Waals surface area contributed by atoms with Crippen molar-refractivity contribution < 1.29 is 13.2 Å². The van der Waals surface area contributed by atoms with Gasteiger partial charge in [-0.05, 0) is 50.3 Å². The van der Waals surface area contributed by atoms with E-state index in [1.54, 1.807) is 26.0 Å². The lowest BCUT2D eigenvalue weighted by Gasteiger charge is -2.16. The van der Waals surface area contributed by atoms with Crippen LogP contribution in [0.5, 0.6) is 0 Å². The van der Waals surface area contributed by atoms with Crippen LogP contribution in [0.2, 0.25) is 0 Å². The molecule has 6 nitrogen and oxygen atoms in total. The van der Waals surface area contributed by atoms with Crippen molar-refractivity contribution >= 4 is 16.1 Å². The Balaban J connectivity index is 1.85. The second-order valence-corrected chi connectivity index (χ2v) is 9.31. The van der Waals surface area contributed by atoms with Crippen LogP contribution in [0.3, 0.4) is 0 Å². The van der Waals surface area contributed by atoms with E-state index in [4.69, 9.17) is 0 Å². The van der Waals surface area contributed by atoms with Gasteiger partial charge in [-0.15, -0.1) is 0 Å². The van der Waals surface area contributed by atoms with E-state index in [2.05, 4.69) is 27.5 Å². The van der Waals surface area contributed by atoms with Crippen LogP contribution in [0.1, 0.15) is 43.9 Å². The third-order valence-corrected chi connectivity index (χ3v) is 5.93. The first-order chi connectivity index (χ1) is 13.7. The SMILES string of the molecule is CC(C)NS(=O)(=O)Cc1ccccc1CNC(=O)NC(C)CCc1ccccc1. The predicted octanol–water partition coefficient (Wildman–Crippen LogP) is 3.33. The van der Waals surface area contributed by atoms with Gasteiger partial charge in [0.15, 0.2) is 0 Å². The lowest BCUT2D eigenvalue weighted by molar-refractivity contribution is 0.237. The van der Waals surface area contributed by atoms with Crippen molar-refractivity contribution in [2.45, 2.75) is 58.0 Å². The van der Waals surface area contributed by atoms with Crippen molar-refractivity contribution in [2.75, 3.05) is 0 Å². The molecule has 0 aliphatic rings. The van der Waals surface area contributed by atoms with Gasteiger partial charge in [-0.25, -0.2) is 17.9 Å². The van der Waals surface area contributed by atoms with Crippen molar-refractivity contribution in [2.24, 2.45) is 0 Å². The minimum Gasteiger partial charge on any atom is -0.336 e. The molecule has 2 aromatic carbocycles. The highest BCUT2D eigenvalue weighted by atomic mass is 32.2. The van der Waals surface area contributed by atoms with Crippen LogP contribution < -0.4 is 15.4 Å². The second kappa shape index (κ2) is 11.0. The molecule has 0 saturated heterocycles. The smallest absolute Gasteiger partial charge is 0.315 e. The van der Waals surface area contributed by atoms with Crippen molar-refractivity contribution in [3.05, 3.63) is 71.3 Å². The molecule has 3 N–H and O–H groups in total. The number of carbonyl (C=O) groups is 1. The number of carbonyl (C=O) groups excluding carboxylic acids is 1. The molecule has 2 amide bonds. The van der Waals surface area contributed by atoms with Crippen molar-refractivity contribution in [1.29, 1.82) is 0 Å². The van der Waals surface area contributed by atoms with Crippen LogP contribution >= 0.6 is 0 Å². The van der Waals surface area contributed by atoms with E-state index in [1.165, 1.54) is 5.56 Å². The molecule has 0 aliphatic heterocycles. The van der Waals surface area contributed by atoms with Gasteiger partial charge in [-0.2, -0.15) is 0 Å². The normalized spacial score (nSPS) is 12.6. The fourth-order valence-corrected chi connectivity index (χ4v) is 4.52. The average molecular weight is 418 g/mol. The summed E-state index contributed by atoms with van der Waals surface area (Å²) < 4.78 is 27.0. The highest BCUT2D eigenvalue weighted by Gasteiger charge is 2.16. The lowest BCUT2D eigenvalue weighted by atomic mass is 10.1. The molecule has 0 bridgehead atoms. The molecule has 2 rings (SSSR count). The van der Waals surface area contributed by atoms with E-state index < -0.39 is 10.0 Å². The maximum Gasteiger partial charge on any atom is 0.315 e. The summed E-state index contributed by atoms with van der Waals surface area (Å²) in [6.45, 7) is 5.81. The summed E-state index contributed by atoms with van der Waals surface area (Å²) in [5, 5.41) is 5.76. The Bertz CT molecular complexity index is 883. The van der Waals surface area contributed by atoms with Crippen LogP contribution in [0, 0.1) is 0 Å². The number of hydrogen-bond acceptors (Lipinski definition) is 3. The van der Waals surface area contributed by atoms with Gasteiger partial charge >= 0.3 is 6.03 Å². The van der Waals surface area contributed by atoms with Crippen LogP contribution in [0.15, 0.2) is 54.6 Å². The zero-order valence-electron chi connectivity index (χ0n) is 17.3. The summed E-state index contributed by atoms with van der Waals surface area (Å²) in [7, 11) is -3.43. The zero-order valence-corrected chi connectivity index (χ0v) is 18.1. The average Bonchev–Trinajstić information content (AvgIpc) is 2.65. The van der Waals surface area contributed by atoms with E-state index in [-0.39, 0.29) is 30.4 Å². The third kappa shape index (κ3) is 8.66. The van der Waals surface area contributed by atoms with Crippen molar-refractivity contribution in [1.82, 2.24) is 15.4 Å². The van der Waals surface area contributed by atoms with E-state index in [9.17, 15) is 13.2 Å². The summed E-state index contributed by atoms with van der Waals surface area (Å²) in [6, 6.07) is 17.0. The number of amides is 2. The van der Waals surface area contributed by atoms with Crippen LogP contribution in [0.4, 0.5) is 4.79 Å². The summed E-state index contributed by atoms with van der Waals surface area (Å²) >= 11 is 0. The maximum atomic E-state index is 12.2. The molecule has 0 spiro atoms. The molecular weight excluding hydrogens is 386 g/mol. The number of sulfonamides is 1. The third-order valence-electron chi connectivity index (χ3n) is 4.40. The molecule has 0 radical (unpaired) electrons. The molecule has 0 heterocycles. The summed E-state index contributed by atoms with van der Waals surface area (Å²) in [5.41, 5.74) is 2.71. The first-order valence-corrected chi connectivity index (χ1v) is 11.6. The van der Waals surface area contributed by atoms with E-state index in [1.807, 2.05) is 37.3 Å². The maximum absolute atomic E-state index is 12.2. The van der Waals surface area contributed by atoms with Gasteiger partial charge in [0.05, 0.1) is 5.75 Å². The van der Waals surface area contributed by atoms with Gasteiger partial charge in [0.1, 0.15) is 0 Å². The second-order valence-electron chi connectivity index (χ2n) is 7.55. The van der Waals surface area contributed by atoms with Crippen LogP contribution in [-0.2, 0) is 28.7 Å².